The predicted molar refractivity (Wildman–Crippen MR) is 214 cm³/mol. The van der Waals surface area contributed by atoms with E-state index in [2.05, 4.69) is 210 Å². The number of rotatable bonds is 4. The first kappa shape index (κ1) is 34.3. The van der Waals surface area contributed by atoms with Crippen LogP contribution in [-0.4, -0.2) is 67.3 Å². The summed E-state index contributed by atoms with van der Waals surface area (Å²) in [6.07, 6.45) is 43.5. The molecule has 6 aliphatic rings. The summed E-state index contributed by atoms with van der Waals surface area (Å²) in [5, 5.41) is 0. The average molecular weight is 738 g/mol. The third kappa shape index (κ3) is 6.16. The van der Waals surface area contributed by atoms with Gasteiger partial charge in [0.2, 0.25) is 0 Å². The number of fused-ring (bicyclic) bond motifs is 8. The minimum atomic E-state index is -0.125. The molecule has 6 aliphatic heterocycles. The van der Waals surface area contributed by atoms with Gasteiger partial charge in [0.05, 0.1) is 51.9 Å². The van der Waals surface area contributed by atoms with Gasteiger partial charge in [-0.2, -0.15) is 0 Å². The van der Waals surface area contributed by atoms with Gasteiger partial charge in [-0.15, -0.1) is 0 Å². The Hall–Kier alpha value is -5.76. The van der Waals surface area contributed by atoms with Crippen molar-refractivity contribution in [3.63, 3.8) is 0 Å². The smallest absolute Gasteiger partial charge is 0.125 e. The first-order valence-corrected chi connectivity index (χ1v) is 17.9. The zero-order chi connectivity index (χ0) is 35.3. The largest absolute Gasteiger partial charge is 0.370 e. The number of likely N-dealkylation sites (N-methyl/N-ethyl adjacent to an activating group) is 4. The summed E-state index contributed by atoms with van der Waals surface area (Å²) < 4.78 is 2.55. The van der Waals surface area contributed by atoms with Crippen molar-refractivity contribution in [3.05, 3.63) is 168 Å². The summed E-state index contributed by atoms with van der Waals surface area (Å²) in [6, 6.07) is 10.5. The molecule has 9 heterocycles. The van der Waals surface area contributed by atoms with Crippen LogP contribution < -0.4 is 0 Å². The van der Waals surface area contributed by atoms with E-state index in [1.165, 1.54) is 11.1 Å². The summed E-state index contributed by atoms with van der Waals surface area (Å²) in [4.78, 5) is 23.4. The molecule has 3 aromatic rings. The summed E-state index contributed by atoms with van der Waals surface area (Å²) in [5.41, 5.74) is 11.6. The molecule has 1 N–H and O–H groups in total. The van der Waals surface area contributed by atoms with Crippen molar-refractivity contribution in [2.45, 2.75) is 24.3 Å². The maximum absolute atomic E-state index is 5.41. The molecule has 0 spiro atoms. The standard InChI is InChI=1S/C44H42N8.Mn/c1-48-23-9-5-13-36(48)41-35-22-21-33(47-35)28-32-18-17-30(45-32)27-31-19-20-34(46-31)29-39-42(37-14-6-10-24-49(37)2)43(38-15-7-11-25-50(38)3)44(41)52(39)40-16-8-12-26-51(40)4;/h5-29,36-38,40,45H,1-4H3;. The van der Waals surface area contributed by atoms with Crippen molar-refractivity contribution in [1.29, 1.82) is 0 Å². The zero-order valence-corrected chi connectivity index (χ0v) is 31.4. The number of hydrogen-bond acceptors (Lipinski definition) is 6. The molecule has 0 fully saturated rings. The number of allylic oxidation sites excluding steroid dienone is 8. The van der Waals surface area contributed by atoms with Gasteiger partial charge in [0.15, 0.2) is 0 Å². The van der Waals surface area contributed by atoms with E-state index in [-0.39, 0.29) is 41.4 Å². The number of nitrogens with zero attached hydrogens (tertiary/aromatic N) is 7. The quantitative estimate of drug-likeness (QED) is 0.186. The van der Waals surface area contributed by atoms with Crippen LogP contribution in [0.3, 0.4) is 0 Å². The van der Waals surface area contributed by atoms with Gasteiger partial charge in [0.1, 0.15) is 6.17 Å². The van der Waals surface area contributed by atoms with Gasteiger partial charge in [-0.05, 0) is 104 Å². The average Bonchev–Trinajstić information content (AvgIpc) is 3.95. The van der Waals surface area contributed by atoms with Crippen molar-refractivity contribution >= 4 is 46.4 Å². The second kappa shape index (κ2) is 14.0. The molecule has 0 aromatic carbocycles. The molecule has 8 bridgehead atoms. The number of H-pyrrole nitrogens is 1. The minimum Gasteiger partial charge on any atom is -0.370 e. The van der Waals surface area contributed by atoms with Crippen molar-refractivity contribution in [1.82, 2.24) is 39.1 Å². The van der Waals surface area contributed by atoms with E-state index in [9.17, 15) is 0 Å². The fourth-order valence-corrected chi connectivity index (χ4v) is 8.08. The first-order valence-electron chi connectivity index (χ1n) is 17.9. The van der Waals surface area contributed by atoms with E-state index in [0.717, 1.165) is 50.4 Å². The Labute approximate surface area is 321 Å². The molecule has 4 unspecified atom stereocenters. The molecule has 53 heavy (non-hydrogen) atoms. The normalized spacial score (nSPS) is 22.4. The van der Waals surface area contributed by atoms with Crippen LogP contribution in [0.2, 0.25) is 0 Å². The Balaban J connectivity index is 0.00000400. The van der Waals surface area contributed by atoms with Crippen molar-refractivity contribution in [3.8, 4) is 0 Å². The van der Waals surface area contributed by atoms with Gasteiger partial charge < -0.3 is 29.2 Å². The Bertz CT molecular complexity index is 2430. The Morgan fingerprint density at radius 2 is 1.00 bits per heavy atom. The Morgan fingerprint density at radius 3 is 1.58 bits per heavy atom. The van der Waals surface area contributed by atoms with Crippen molar-refractivity contribution in [2.24, 2.45) is 0 Å². The van der Waals surface area contributed by atoms with E-state index in [4.69, 9.17) is 9.97 Å². The third-order valence-corrected chi connectivity index (χ3v) is 10.6. The summed E-state index contributed by atoms with van der Waals surface area (Å²) in [5.74, 6) is 0. The molecule has 0 saturated carbocycles. The molecular formula is C44H42MnN8. The fourth-order valence-electron chi connectivity index (χ4n) is 8.08. The molecule has 265 valence electrons. The number of aromatic nitrogens is 4. The predicted octanol–water partition coefficient (Wildman–Crippen LogP) is 8.81. The van der Waals surface area contributed by atoms with E-state index >= 15 is 0 Å². The van der Waals surface area contributed by atoms with Crippen LogP contribution in [0.1, 0.15) is 63.8 Å². The molecule has 9 rings (SSSR count). The van der Waals surface area contributed by atoms with E-state index in [0.29, 0.717) is 0 Å². The number of hydrogen-bond donors (Lipinski definition) is 1. The van der Waals surface area contributed by atoms with Crippen LogP contribution in [0, 0.1) is 0 Å². The van der Waals surface area contributed by atoms with Gasteiger partial charge in [0, 0.05) is 79.2 Å². The van der Waals surface area contributed by atoms with E-state index in [1.807, 2.05) is 0 Å². The molecule has 3 aromatic heterocycles. The monoisotopic (exact) mass is 737 g/mol. The molecular weight excluding hydrogens is 695 g/mol. The van der Waals surface area contributed by atoms with E-state index in [1.54, 1.807) is 0 Å². The summed E-state index contributed by atoms with van der Waals surface area (Å²) >= 11 is 0. The van der Waals surface area contributed by atoms with Crippen LogP contribution in [-0.2, 0) is 17.1 Å². The maximum atomic E-state index is 5.41. The molecule has 9 heteroatoms. The fraction of sp³-hybridized carbons (Fsp3) is 0.182. The van der Waals surface area contributed by atoms with Crippen LogP contribution in [0.15, 0.2) is 128 Å². The van der Waals surface area contributed by atoms with Gasteiger partial charge in [-0.3, -0.25) is 0 Å². The molecule has 8 nitrogen and oxygen atoms in total. The maximum Gasteiger partial charge on any atom is 0.125 e. The second-order valence-corrected chi connectivity index (χ2v) is 14.0. The van der Waals surface area contributed by atoms with Crippen LogP contribution >= 0.6 is 0 Å². The molecule has 1 radical (unpaired) electrons. The van der Waals surface area contributed by atoms with Crippen LogP contribution in [0.5, 0.6) is 0 Å². The Morgan fingerprint density at radius 1 is 0.509 bits per heavy atom. The van der Waals surface area contributed by atoms with Gasteiger partial charge in [-0.1, -0.05) is 42.5 Å². The second-order valence-electron chi connectivity index (χ2n) is 14.0. The summed E-state index contributed by atoms with van der Waals surface area (Å²) in [7, 11) is 8.67. The van der Waals surface area contributed by atoms with Crippen molar-refractivity contribution < 1.29 is 17.1 Å². The first-order chi connectivity index (χ1) is 25.4. The molecule has 4 atom stereocenters. The SMILES string of the molecule is CN1C=CC=CC1c1c(C2C=CC=CN2C)c2c(C3C=CC=CN3C)c3nc(cc4ccc(cc5nc(cc1n2C1C=CC=CN1C)C=C5)[nH]4)C=C3.[Mn]. The number of nitrogens with one attached hydrogen (secondary N) is 1. The molecule has 0 aliphatic carbocycles. The molecule has 0 saturated heterocycles. The number of aromatic amines is 1. The van der Waals surface area contributed by atoms with Crippen LogP contribution in [0.25, 0.3) is 46.4 Å². The topological polar surface area (TPSA) is 59.5 Å². The van der Waals surface area contributed by atoms with Crippen molar-refractivity contribution in [2.75, 3.05) is 28.2 Å². The van der Waals surface area contributed by atoms with Gasteiger partial charge in [-0.25, -0.2) is 9.97 Å². The van der Waals surface area contributed by atoms with Gasteiger partial charge >= 0.3 is 0 Å². The zero-order valence-electron chi connectivity index (χ0n) is 30.3. The minimum absolute atomic E-state index is 0. The third-order valence-electron chi connectivity index (χ3n) is 10.6. The Kier molecular flexibility index (Phi) is 9.06. The summed E-state index contributed by atoms with van der Waals surface area (Å²) in [6.45, 7) is 0. The molecule has 0 amide bonds. The van der Waals surface area contributed by atoms with Crippen LogP contribution in [0.4, 0.5) is 0 Å². The van der Waals surface area contributed by atoms with Gasteiger partial charge in [0.25, 0.3) is 0 Å². The van der Waals surface area contributed by atoms with E-state index < -0.39 is 0 Å².